The molecule has 1 heterocycles. The van der Waals surface area contributed by atoms with Gasteiger partial charge in [-0.2, -0.15) is 5.26 Å². The third-order valence-corrected chi connectivity index (χ3v) is 2.92. The van der Waals surface area contributed by atoms with Crippen LogP contribution in [0.5, 0.6) is 0 Å². The molecule has 7 heteroatoms. The molecule has 1 aliphatic heterocycles. The van der Waals surface area contributed by atoms with E-state index in [0.29, 0.717) is 12.8 Å². The Hall–Kier alpha value is -2.10. The predicted molar refractivity (Wildman–Crippen MR) is 64.5 cm³/mol. The van der Waals surface area contributed by atoms with Crippen LogP contribution in [0.15, 0.2) is 0 Å². The lowest BCUT2D eigenvalue weighted by atomic mass is 10.0. The Labute approximate surface area is 111 Å². The SMILES string of the molecule is COC(=O)[C@H](C[C@@H](C)C#N)NC(=O)[C@H]1CCC(=O)N1. The Kier molecular flexibility index (Phi) is 5.30. The maximum atomic E-state index is 11.9. The molecular formula is C12H17N3O4. The summed E-state index contributed by atoms with van der Waals surface area (Å²) < 4.78 is 4.59. The van der Waals surface area contributed by atoms with E-state index in [2.05, 4.69) is 15.4 Å². The van der Waals surface area contributed by atoms with Gasteiger partial charge in [0.15, 0.2) is 0 Å². The van der Waals surface area contributed by atoms with Crippen LogP contribution in [-0.2, 0) is 19.1 Å². The van der Waals surface area contributed by atoms with Crippen molar-refractivity contribution in [3.05, 3.63) is 0 Å². The molecule has 0 saturated carbocycles. The summed E-state index contributed by atoms with van der Waals surface area (Å²) >= 11 is 0. The summed E-state index contributed by atoms with van der Waals surface area (Å²) in [5.41, 5.74) is 0. The molecule has 0 unspecified atom stereocenters. The number of amides is 2. The van der Waals surface area contributed by atoms with Crippen molar-refractivity contribution in [2.24, 2.45) is 5.92 Å². The fourth-order valence-corrected chi connectivity index (χ4v) is 1.85. The highest BCUT2D eigenvalue weighted by Gasteiger charge is 2.31. The molecule has 0 aromatic heterocycles. The Morgan fingerprint density at radius 3 is 2.79 bits per heavy atom. The van der Waals surface area contributed by atoms with Gasteiger partial charge in [0.05, 0.1) is 13.2 Å². The van der Waals surface area contributed by atoms with E-state index in [4.69, 9.17) is 5.26 Å². The van der Waals surface area contributed by atoms with Gasteiger partial charge in [-0.3, -0.25) is 9.59 Å². The molecule has 0 aliphatic carbocycles. The molecule has 2 N–H and O–H groups in total. The number of rotatable bonds is 5. The molecule has 19 heavy (non-hydrogen) atoms. The molecular weight excluding hydrogens is 250 g/mol. The second kappa shape index (κ2) is 6.73. The van der Waals surface area contributed by atoms with Crippen LogP contribution in [0.3, 0.4) is 0 Å². The van der Waals surface area contributed by atoms with Crippen LogP contribution in [0, 0.1) is 17.2 Å². The van der Waals surface area contributed by atoms with Gasteiger partial charge in [-0.25, -0.2) is 4.79 Å². The number of esters is 1. The van der Waals surface area contributed by atoms with E-state index >= 15 is 0 Å². The third kappa shape index (κ3) is 4.25. The van der Waals surface area contributed by atoms with Gasteiger partial charge in [-0.1, -0.05) is 0 Å². The molecule has 0 spiro atoms. The first kappa shape index (κ1) is 15.0. The predicted octanol–water partition coefficient (Wildman–Crippen LogP) is -0.527. The topological polar surface area (TPSA) is 108 Å². The molecule has 1 rings (SSSR count). The quantitative estimate of drug-likeness (QED) is 0.651. The minimum atomic E-state index is -0.871. The van der Waals surface area contributed by atoms with Crippen molar-refractivity contribution in [1.29, 1.82) is 5.26 Å². The summed E-state index contributed by atoms with van der Waals surface area (Å²) in [6, 6.07) is 0.511. The first-order valence-corrected chi connectivity index (χ1v) is 6.05. The first-order chi connectivity index (χ1) is 8.97. The van der Waals surface area contributed by atoms with Crippen LogP contribution in [-0.4, -0.2) is 37.0 Å². The van der Waals surface area contributed by atoms with Crippen molar-refractivity contribution >= 4 is 17.8 Å². The zero-order valence-electron chi connectivity index (χ0n) is 10.9. The van der Waals surface area contributed by atoms with E-state index in [9.17, 15) is 14.4 Å². The first-order valence-electron chi connectivity index (χ1n) is 6.05. The lowest BCUT2D eigenvalue weighted by Gasteiger charge is -2.19. The van der Waals surface area contributed by atoms with Crippen molar-refractivity contribution < 1.29 is 19.1 Å². The Balaban J connectivity index is 2.61. The zero-order chi connectivity index (χ0) is 14.4. The lowest BCUT2D eigenvalue weighted by molar-refractivity contribution is -0.145. The van der Waals surface area contributed by atoms with Crippen LogP contribution in [0.1, 0.15) is 26.2 Å². The molecule has 0 aromatic rings. The van der Waals surface area contributed by atoms with Crippen LogP contribution in [0.2, 0.25) is 0 Å². The number of nitrogens with zero attached hydrogens (tertiary/aromatic N) is 1. The Morgan fingerprint density at radius 2 is 2.32 bits per heavy atom. The summed E-state index contributed by atoms with van der Waals surface area (Å²) in [4.78, 5) is 34.5. The van der Waals surface area contributed by atoms with Crippen LogP contribution in [0.4, 0.5) is 0 Å². The highest BCUT2D eigenvalue weighted by atomic mass is 16.5. The van der Waals surface area contributed by atoms with Gasteiger partial charge in [0.1, 0.15) is 12.1 Å². The van der Waals surface area contributed by atoms with E-state index < -0.39 is 24.0 Å². The smallest absolute Gasteiger partial charge is 0.328 e. The maximum absolute atomic E-state index is 11.9. The van der Waals surface area contributed by atoms with Gasteiger partial charge in [0.2, 0.25) is 11.8 Å². The van der Waals surface area contributed by atoms with E-state index in [1.807, 2.05) is 6.07 Å². The molecule has 0 radical (unpaired) electrons. The van der Waals surface area contributed by atoms with E-state index in [1.54, 1.807) is 6.92 Å². The van der Waals surface area contributed by atoms with Gasteiger partial charge >= 0.3 is 5.97 Å². The molecule has 7 nitrogen and oxygen atoms in total. The lowest BCUT2D eigenvalue weighted by Crippen LogP contribution is -2.49. The summed E-state index contributed by atoms with van der Waals surface area (Å²) in [6.45, 7) is 1.65. The van der Waals surface area contributed by atoms with Crippen molar-refractivity contribution in [3.63, 3.8) is 0 Å². The molecule has 3 atom stereocenters. The number of nitrogens with one attached hydrogen (secondary N) is 2. The largest absolute Gasteiger partial charge is 0.467 e. The zero-order valence-corrected chi connectivity index (χ0v) is 10.9. The fourth-order valence-electron chi connectivity index (χ4n) is 1.85. The van der Waals surface area contributed by atoms with Crippen molar-refractivity contribution in [2.75, 3.05) is 7.11 Å². The normalized spacial score (nSPS) is 20.9. The van der Waals surface area contributed by atoms with Gasteiger partial charge in [-0.05, 0) is 19.8 Å². The fraction of sp³-hybridized carbons (Fsp3) is 0.667. The Bertz CT molecular complexity index is 416. The maximum Gasteiger partial charge on any atom is 0.328 e. The van der Waals surface area contributed by atoms with E-state index in [-0.39, 0.29) is 18.2 Å². The standard InChI is InChI=1S/C12H17N3O4/c1-7(6-13)5-9(12(18)19-2)15-11(17)8-3-4-10(16)14-8/h7-9H,3-5H2,1-2H3,(H,14,16)(H,15,17)/t7-,8-,9+/m1/s1. The van der Waals surface area contributed by atoms with Crippen LogP contribution in [0.25, 0.3) is 0 Å². The molecule has 1 saturated heterocycles. The van der Waals surface area contributed by atoms with Crippen molar-refractivity contribution in [3.8, 4) is 6.07 Å². The van der Waals surface area contributed by atoms with Gasteiger partial charge in [0, 0.05) is 12.3 Å². The minimum Gasteiger partial charge on any atom is -0.467 e. The number of carbonyl (C=O) groups excluding carboxylic acids is 3. The molecule has 0 aromatic carbocycles. The molecule has 104 valence electrons. The van der Waals surface area contributed by atoms with E-state index in [0.717, 1.165) is 0 Å². The van der Waals surface area contributed by atoms with Gasteiger partial charge < -0.3 is 15.4 Å². The third-order valence-electron chi connectivity index (χ3n) is 2.92. The summed E-state index contributed by atoms with van der Waals surface area (Å²) in [5, 5.41) is 13.8. The molecule has 1 aliphatic rings. The summed E-state index contributed by atoms with van der Waals surface area (Å²) in [5.74, 6) is -1.59. The number of carbonyl (C=O) groups is 3. The molecule has 2 amide bonds. The number of methoxy groups -OCH3 is 1. The highest BCUT2D eigenvalue weighted by Crippen LogP contribution is 2.10. The minimum absolute atomic E-state index is 0.176. The second-order valence-electron chi connectivity index (χ2n) is 4.51. The number of nitriles is 1. The monoisotopic (exact) mass is 267 g/mol. The van der Waals surface area contributed by atoms with Crippen LogP contribution < -0.4 is 10.6 Å². The molecule has 1 fully saturated rings. The van der Waals surface area contributed by atoms with Gasteiger partial charge in [0.25, 0.3) is 0 Å². The average Bonchev–Trinajstić information content (AvgIpc) is 2.83. The second-order valence-corrected chi connectivity index (χ2v) is 4.51. The van der Waals surface area contributed by atoms with Crippen molar-refractivity contribution in [1.82, 2.24) is 10.6 Å². The Morgan fingerprint density at radius 1 is 1.63 bits per heavy atom. The van der Waals surface area contributed by atoms with Crippen molar-refractivity contribution in [2.45, 2.75) is 38.3 Å². The average molecular weight is 267 g/mol. The van der Waals surface area contributed by atoms with E-state index in [1.165, 1.54) is 7.11 Å². The van der Waals surface area contributed by atoms with Gasteiger partial charge in [-0.15, -0.1) is 0 Å². The number of hydrogen-bond donors (Lipinski definition) is 2. The number of ether oxygens (including phenoxy) is 1. The molecule has 0 bridgehead atoms. The summed E-state index contributed by atoms with van der Waals surface area (Å²) in [6.07, 6.45) is 0.886. The highest BCUT2D eigenvalue weighted by molar-refractivity contribution is 5.93. The van der Waals surface area contributed by atoms with Crippen LogP contribution >= 0.6 is 0 Å². The number of hydrogen-bond acceptors (Lipinski definition) is 5. The summed E-state index contributed by atoms with van der Waals surface area (Å²) in [7, 11) is 1.22.